The molecule has 0 amide bonds. The van der Waals surface area contributed by atoms with E-state index in [2.05, 4.69) is 9.97 Å². The Bertz CT molecular complexity index is 1870. The van der Waals surface area contributed by atoms with Gasteiger partial charge in [0.1, 0.15) is 18.0 Å². The monoisotopic (exact) mass is 575 g/mol. The molecule has 0 bridgehead atoms. The van der Waals surface area contributed by atoms with Crippen LogP contribution >= 0.6 is 0 Å². The van der Waals surface area contributed by atoms with Gasteiger partial charge in [-0.15, -0.1) is 0 Å². The van der Waals surface area contributed by atoms with Crippen molar-refractivity contribution in [1.29, 1.82) is 0 Å². The number of methoxy groups -OCH3 is 2. The predicted molar refractivity (Wildman–Crippen MR) is 149 cm³/mol. The van der Waals surface area contributed by atoms with Gasteiger partial charge in [0, 0.05) is 38.0 Å². The van der Waals surface area contributed by atoms with Crippen molar-refractivity contribution in [2.75, 3.05) is 14.2 Å². The van der Waals surface area contributed by atoms with Crippen molar-refractivity contribution in [3.05, 3.63) is 106 Å². The third kappa shape index (κ3) is 5.40. The number of halogens is 3. The molecule has 0 fully saturated rings. The van der Waals surface area contributed by atoms with Gasteiger partial charge in [-0.25, -0.2) is 18.2 Å². The first-order valence-corrected chi connectivity index (χ1v) is 12.7. The molecule has 0 N–H and O–H groups in total. The molecule has 0 saturated carbocycles. The van der Waals surface area contributed by atoms with E-state index >= 15 is 4.39 Å². The van der Waals surface area contributed by atoms with Gasteiger partial charge in [-0.05, 0) is 35.4 Å². The highest BCUT2D eigenvalue weighted by Gasteiger charge is 2.21. The number of rotatable bonds is 9. The molecule has 0 spiro atoms. The number of aromatic nitrogens is 3. The van der Waals surface area contributed by atoms with E-state index in [4.69, 9.17) is 14.2 Å². The molecule has 5 aromatic rings. The van der Waals surface area contributed by atoms with Crippen LogP contribution in [0.15, 0.2) is 71.8 Å². The molecular weight excluding hydrogens is 551 g/mol. The Morgan fingerprint density at radius 2 is 1.71 bits per heavy atom. The molecule has 3 heterocycles. The Hall–Kier alpha value is -5.19. The molecule has 11 heteroatoms. The maximum absolute atomic E-state index is 15.2. The summed E-state index contributed by atoms with van der Waals surface area (Å²) in [5.41, 5.74) is 0.440. The molecule has 0 saturated heterocycles. The van der Waals surface area contributed by atoms with E-state index in [1.165, 1.54) is 68.6 Å². The van der Waals surface area contributed by atoms with Gasteiger partial charge >= 0.3 is 0 Å². The zero-order chi connectivity index (χ0) is 30.0. The second kappa shape index (κ2) is 11.7. The second-order valence-electron chi connectivity index (χ2n) is 9.29. The van der Waals surface area contributed by atoms with Crippen molar-refractivity contribution in [1.82, 2.24) is 14.5 Å². The fourth-order valence-corrected chi connectivity index (χ4v) is 4.57. The summed E-state index contributed by atoms with van der Waals surface area (Å²) in [5.74, 6) is -1.21. The second-order valence-corrected chi connectivity index (χ2v) is 9.29. The van der Waals surface area contributed by atoms with Gasteiger partial charge in [-0.2, -0.15) is 0 Å². The van der Waals surface area contributed by atoms with Crippen LogP contribution in [-0.2, 0) is 20.1 Å². The number of benzene rings is 2. The lowest BCUT2D eigenvalue weighted by Gasteiger charge is -2.14. The lowest BCUT2D eigenvalue weighted by Crippen LogP contribution is -2.23. The molecule has 0 aliphatic heterocycles. The van der Waals surface area contributed by atoms with Crippen LogP contribution in [-0.4, -0.2) is 34.5 Å². The van der Waals surface area contributed by atoms with Crippen molar-refractivity contribution in [2.24, 2.45) is 7.05 Å². The number of pyridine rings is 3. The smallest absolute Gasteiger partial charge is 0.257 e. The average molecular weight is 576 g/mol. The van der Waals surface area contributed by atoms with E-state index in [1.54, 1.807) is 6.07 Å². The van der Waals surface area contributed by atoms with Crippen LogP contribution in [0.5, 0.6) is 23.1 Å². The third-order valence-corrected chi connectivity index (χ3v) is 6.67. The number of ketones is 1. The molecule has 214 valence electrons. The molecule has 0 aliphatic carbocycles. The molecule has 0 radical (unpaired) electrons. The Kier molecular flexibility index (Phi) is 7.92. The molecule has 3 aromatic heterocycles. The summed E-state index contributed by atoms with van der Waals surface area (Å²) in [6.07, 6.45) is 2.43. The summed E-state index contributed by atoms with van der Waals surface area (Å²) in [6.45, 7) is -0.970. The normalized spacial score (nSPS) is 11.0. The predicted octanol–water partition coefficient (Wildman–Crippen LogP) is 5.98. The van der Waals surface area contributed by atoms with Gasteiger partial charge in [0.2, 0.25) is 5.43 Å². The van der Waals surface area contributed by atoms with Gasteiger partial charge in [0.05, 0.1) is 36.6 Å². The summed E-state index contributed by atoms with van der Waals surface area (Å²) in [6, 6.07) is 12.1. The molecular formula is C31H24F3N3O5. The van der Waals surface area contributed by atoms with E-state index < -0.39 is 29.5 Å². The Morgan fingerprint density at radius 3 is 2.38 bits per heavy atom. The number of carbonyl (C=O) groups excluding carboxylic acids is 1. The third-order valence-electron chi connectivity index (χ3n) is 6.67. The van der Waals surface area contributed by atoms with E-state index in [0.717, 1.165) is 18.2 Å². The van der Waals surface area contributed by atoms with Crippen molar-refractivity contribution >= 4 is 16.8 Å². The number of fused-ring (bicyclic) bond motifs is 1. The summed E-state index contributed by atoms with van der Waals surface area (Å²) < 4.78 is 60.1. The topological polar surface area (TPSA) is 92.5 Å². The number of hydrogen-bond acceptors (Lipinski definition) is 7. The van der Waals surface area contributed by atoms with Crippen LogP contribution in [0.2, 0.25) is 0 Å². The van der Waals surface area contributed by atoms with Crippen LogP contribution < -0.4 is 19.6 Å². The van der Waals surface area contributed by atoms with Crippen molar-refractivity contribution in [3.63, 3.8) is 0 Å². The summed E-state index contributed by atoms with van der Waals surface area (Å²) >= 11 is 0. The Balaban J connectivity index is 1.43. The largest absolute Gasteiger partial charge is 0.491 e. The average Bonchev–Trinajstić information content (AvgIpc) is 2.99. The summed E-state index contributed by atoms with van der Waals surface area (Å²) in [4.78, 5) is 35.1. The lowest BCUT2D eigenvalue weighted by atomic mass is 9.97. The minimum absolute atomic E-state index is 0.0341. The van der Waals surface area contributed by atoms with Crippen molar-refractivity contribution in [3.8, 4) is 34.3 Å². The van der Waals surface area contributed by atoms with Crippen molar-refractivity contribution < 1.29 is 32.2 Å². The zero-order valence-corrected chi connectivity index (χ0v) is 22.8. The fraction of sp³-hybridized carbons (Fsp3) is 0.161. The Morgan fingerprint density at radius 1 is 0.952 bits per heavy atom. The van der Waals surface area contributed by atoms with Gasteiger partial charge in [-0.1, -0.05) is 18.2 Å². The number of hydrogen-bond donors (Lipinski definition) is 0. The maximum atomic E-state index is 15.2. The fourth-order valence-electron chi connectivity index (χ4n) is 4.57. The quantitative estimate of drug-likeness (QED) is 0.200. The molecule has 0 atom stereocenters. The first-order chi connectivity index (χ1) is 20.2. The minimum atomic E-state index is -0.970. The van der Waals surface area contributed by atoms with E-state index in [1.807, 2.05) is 0 Å². The van der Waals surface area contributed by atoms with Gasteiger partial charge < -0.3 is 18.8 Å². The molecule has 42 heavy (non-hydrogen) atoms. The number of aryl methyl sites for hydroxylation is 1. The molecule has 0 aliphatic rings. The highest BCUT2D eigenvalue weighted by molar-refractivity contribution is 5.98. The summed E-state index contributed by atoms with van der Waals surface area (Å²) in [5, 5.41) is 0. The molecule has 0 unspecified atom stereocenters. The number of carbonyl (C=O) groups is 1. The highest BCUT2D eigenvalue weighted by atomic mass is 19.1. The number of Topliss-reactive ketones (excluding diaryl/α,β-unsaturated/α-hetero) is 1. The zero-order valence-electron chi connectivity index (χ0n) is 22.8. The number of nitrogens with zero attached hydrogens (tertiary/aromatic N) is 3. The van der Waals surface area contributed by atoms with Gasteiger partial charge in [0.15, 0.2) is 28.8 Å². The standard InChI is InChI=1S/C31H24F3N3O5/c1-37-16-20(30(39)28(23(37)15-32)18-5-7-19(33)8-6-18)24(38)13-17-4-9-25(21(34)12-17)42-26-10-11-35-22-14-27(40-2)31(41-3)36-29(22)26/h4-12,14,16H,13,15H2,1-3H3. The van der Waals surface area contributed by atoms with Gasteiger partial charge in [0.25, 0.3) is 5.88 Å². The van der Waals surface area contributed by atoms with Crippen molar-refractivity contribution in [2.45, 2.75) is 13.1 Å². The SMILES string of the molecule is COc1cc2nccc(Oc3ccc(CC(=O)c4cn(C)c(CF)c(-c5ccc(F)cc5)c4=O)cc3F)c2nc1OC. The van der Waals surface area contributed by atoms with Crippen LogP contribution in [0.4, 0.5) is 13.2 Å². The maximum Gasteiger partial charge on any atom is 0.257 e. The van der Waals surface area contributed by atoms with Crippen LogP contribution in [0.25, 0.3) is 22.2 Å². The molecule has 2 aromatic carbocycles. The molecule has 8 nitrogen and oxygen atoms in total. The number of alkyl halides is 1. The lowest BCUT2D eigenvalue weighted by molar-refractivity contribution is 0.0991. The first-order valence-electron chi connectivity index (χ1n) is 12.7. The first kappa shape index (κ1) is 28.3. The highest BCUT2D eigenvalue weighted by Crippen LogP contribution is 2.35. The molecule has 5 rings (SSSR count). The van der Waals surface area contributed by atoms with Crippen LogP contribution in [0, 0.1) is 11.6 Å². The van der Waals surface area contributed by atoms with E-state index in [9.17, 15) is 18.4 Å². The summed E-state index contributed by atoms with van der Waals surface area (Å²) in [7, 11) is 4.41. The van der Waals surface area contributed by atoms with E-state index in [0.29, 0.717) is 16.8 Å². The number of ether oxygens (including phenoxy) is 3. The Labute approximate surface area is 238 Å². The van der Waals surface area contributed by atoms with Crippen LogP contribution in [0.1, 0.15) is 21.6 Å². The van der Waals surface area contributed by atoms with Gasteiger partial charge in [-0.3, -0.25) is 14.6 Å². The van der Waals surface area contributed by atoms with E-state index in [-0.39, 0.29) is 51.7 Å². The minimum Gasteiger partial charge on any atom is -0.491 e. The van der Waals surface area contributed by atoms with Crippen LogP contribution in [0.3, 0.4) is 0 Å².